The molecule has 0 saturated carbocycles. The zero-order chi connectivity index (χ0) is 43.3. The van der Waals surface area contributed by atoms with Gasteiger partial charge in [-0.15, -0.1) is 11.3 Å². The second-order valence-electron chi connectivity index (χ2n) is 16.0. The van der Waals surface area contributed by atoms with Gasteiger partial charge in [0.25, 0.3) is 0 Å². The monoisotopic (exact) mass is 851 g/mol. The Hall–Kier alpha value is -3.75. The Kier molecular flexibility index (Phi) is 21.7. The van der Waals surface area contributed by atoms with Crippen LogP contribution in [0.4, 0.5) is 4.79 Å². The van der Waals surface area contributed by atoms with E-state index in [0.29, 0.717) is 66.0 Å². The average molecular weight is 852 g/mol. The van der Waals surface area contributed by atoms with E-state index in [1.54, 1.807) is 32.1 Å². The van der Waals surface area contributed by atoms with Gasteiger partial charge in [0.1, 0.15) is 24.3 Å². The number of carbonyl (C=O) groups excluding carboxylic acids is 4. The van der Waals surface area contributed by atoms with Crippen LogP contribution in [-0.2, 0) is 54.1 Å². The van der Waals surface area contributed by atoms with Crippen molar-refractivity contribution in [3.8, 4) is 10.4 Å². The maximum Gasteiger partial charge on any atom is 0.407 e. The summed E-state index contributed by atoms with van der Waals surface area (Å²) in [6, 6.07) is 6.01. The molecule has 3 rings (SSSR count). The number of thiazole rings is 1. The van der Waals surface area contributed by atoms with E-state index >= 15 is 0 Å². The molecule has 2 heterocycles. The summed E-state index contributed by atoms with van der Waals surface area (Å²) < 4.78 is 37.9. The van der Waals surface area contributed by atoms with Gasteiger partial charge in [-0.3, -0.25) is 14.4 Å². The fourth-order valence-corrected chi connectivity index (χ4v) is 6.60. The maximum absolute atomic E-state index is 13.8. The van der Waals surface area contributed by atoms with Crippen molar-refractivity contribution in [3.05, 3.63) is 41.0 Å². The number of benzene rings is 1. The zero-order valence-corrected chi connectivity index (χ0v) is 36.5. The Labute approximate surface area is 352 Å². The molecule has 18 heteroatoms. The molecule has 1 aliphatic heterocycles. The molecule has 4 amide bonds. The minimum atomic E-state index is -0.959. The van der Waals surface area contributed by atoms with Crippen molar-refractivity contribution < 1.29 is 57.4 Å². The Morgan fingerprint density at radius 1 is 0.814 bits per heavy atom. The van der Waals surface area contributed by atoms with Crippen molar-refractivity contribution >= 4 is 35.2 Å². The van der Waals surface area contributed by atoms with E-state index < -0.39 is 47.1 Å². The van der Waals surface area contributed by atoms with Gasteiger partial charge in [-0.1, -0.05) is 45.0 Å². The number of β-amino-alcohol motifs (C(OH)–C–C–N with tert-alkyl or cyclic N) is 1. The highest BCUT2D eigenvalue weighted by Gasteiger charge is 2.44. The number of hydrogen-bond acceptors (Lipinski definition) is 14. The fraction of sp³-hybridized carbons (Fsp3) is 0.683. The van der Waals surface area contributed by atoms with E-state index in [0.717, 1.165) is 21.7 Å². The van der Waals surface area contributed by atoms with Gasteiger partial charge in [-0.2, -0.15) is 0 Å². The Balaban J connectivity index is 1.22. The summed E-state index contributed by atoms with van der Waals surface area (Å²) in [6.07, 6.45) is -1.24. The van der Waals surface area contributed by atoms with E-state index in [1.165, 1.54) is 4.90 Å². The summed E-state index contributed by atoms with van der Waals surface area (Å²) in [4.78, 5) is 58.4. The van der Waals surface area contributed by atoms with Gasteiger partial charge in [0.15, 0.2) is 0 Å². The molecule has 1 aliphatic rings. The molecule has 1 aromatic carbocycles. The number of likely N-dealkylation sites (tertiary alicyclic amines) is 1. The number of carbonyl (C=O) groups is 4. The normalized spacial score (nSPS) is 16.2. The van der Waals surface area contributed by atoms with Crippen molar-refractivity contribution in [2.45, 2.75) is 85.2 Å². The second-order valence-corrected chi connectivity index (χ2v) is 16.8. The lowest BCUT2D eigenvalue weighted by Crippen LogP contribution is -2.58. The molecular weight excluding hydrogens is 787 g/mol. The lowest BCUT2D eigenvalue weighted by molar-refractivity contribution is -0.144. The molecule has 59 heavy (non-hydrogen) atoms. The van der Waals surface area contributed by atoms with Crippen LogP contribution in [0.15, 0.2) is 29.8 Å². The van der Waals surface area contributed by atoms with Crippen molar-refractivity contribution in [1.82, 2.24) is 25.8 Å². The molecule has 17 nitrogen and oxygen atoms in total. The number of nitrogens with zero attached hydrogens (tertiary/aromatic N) is 2. The topological polar surface area (TPSA) is 205 Å². The van der Waals surface area contributed by atoms with Gasteiger partial charge in [0.05, 0.1) is 94.9 Å². The number of nitrogens with one attached hydrogen (secondary N) is 3. The predicted molar refractivity (Wildman–Crippen MR) is 221 cm³/mol. The quantitative estimate of drug-likeness (QED) is 0.101. The highest BCUT2D eigenvalue weighted by atomic mass is 32.1. The maximum atomic E-state index is 13.8. The van der Waals surface area contributed by atoms with E-state index in [9.17, 15) is 24.3 Å². The third-order valence-corrected chi connectivity index (χ3v) is 9.70. The third kappa shape index (κ3) is 19.5. The van der Waals surface area contributed by atoms with Gasteiger partial charge < -0.3 is 59.1 Å². The lowest BCUT2D eigenvalue weighted by Gasteiger charge is -2.35. The number of hydrogen-bond donors (Lipinski definition) is 4. The highest BCUT2D eigenvalue weighted by molar-refractivity contribution is 7.13. The first kappa shape index (κ1) is 49.6. The molecule has 332 valence electrons. The SMILES string of the molecule is Cc1ncsc1-c1ccc(CNC(=O)C2CC(O)CN2C(=O)C(NC(=O)COCCOCCOCCOCCOCCOCCNC(=O)OC(C)(C)C)C(C)(C)C)cc1. The number of aromatic nitrogens is 1. The number of amides is 4. The molecule has 0 bridgehead atoms. The van der Waals surface area contributed by atoms with Crippen LogP contribution in [0.5, 0.6) is 0 Å². The molecule has 0 radical (unpaired) electrons. The van der Waals surface area contributed by atoms with E-state index in [1.807, 2.05) is 57.5 Å². The molecule has 2 aromatic rings. The van der Waals surface area contributed by atoms with E-state index in [2.05, 4.69) is 20.9 Å². The van der Waals surface area contributed by atoms with Crippen LogP contribution >= 0.6 is 11.3 Å². The van der Waals surface area contributed by atoms with Crippen LogP contribution in [-0.4, -0.2) is 155 Å². The number of rotatable bonds is 26. The summed E-state index contributed by atoms with van der Waals surface area (Å²) in [6.45, 7) is 17.1. The third-order valence-electron chi connectivity index (χ3n) is 8.72. The summed E-state index contributed by atoms with van der Waals surface area (Å²) >= 11 is 1.57. The number of alkyl carbamates (subject to hydrolysis) is 1. The number of aliphatic hydroxyl groups is 1. The van der Waals surface area contributed by atoms with Crippen molar-refractivity contribution in [2.75, 3.05) is 92.4 Å². The van der Waals surface area contributed by atoms with Gasteiger partial charge in [0, 0.05) is 26.1 Å². The molecule has 0 aliphatic carbocycles. The van der Waals surface area contributed by atoms with Crippen molar-refractivity contribution in [3.63, 3.8) is 0 Å². The summed E-state index contributed by atoms with van der Waals surface area (Å²) in [5, 5.41) is 18.8. The number of ether oxygens (including phenoxy) is 7. The van der Waals surface area contributed by atoms with Crippen molar-refractivity contribution in [1.29, 1.82) is 0 Å². The molecule has 1 aromatic heterocycles. The smallest absolute Gasteiger partial charge is 0.407 e. The minimum Gasteiger partial charge on any atom is -0.444 e. The molecule has 3 atom stereocenters. The van der Waals surface area contributed by atoms with Crippen LogP contribution in [0.3, 0.4) is 0 Å². The first-order chi connectivity index (χ1) is 28.0. The van der Waals surface area contributed by atoms with Crippen LogP contribution < -0.4 is 16.0 Å². The fourth-order valence-electron chi connectivity index (χ4n) is 5.79. The molecular formula is C41H65N5O12S. The van der Waals surface area contributed by atoms with Crippen LogP contribution in [0.25, 0.3) is 10.4 Å². The average Bonchev–Trinajstić information content (AvgIpc) is 3.79. The number of aliphatic hydroxyl groups excluding tert-OH is 1. The molecule has 4 N–H and O–H groups in total. The lowest BCUT2D eigenvalue weighted by atomic mass is 9.85. The Morgan fingerprint density at radius 3 is 1.86 bits per heavy atom. The van der Waals surface area contributed by atoms with Gasteiger partial charge in [0.2, 0.25) is 17.7 Å². The molecule has 1 fully saturated rings. The van der Waals surface area contributed by atoms with Gasteiger partial charge in [-0.05, 0) is 44.2 Å². The summed E-state index contributed by atoms with van der Waals surface area (Å²) in [7, 11) is 0. The zero-order valence-electron chi connectivity index (χ0n) is 35.7. The standard InChI is InChI=1S/C41H65N5O12S/c1-29-35(59-28-44-29)31-10-8-30(9-11-31)25-43-37(49)33-24-32(47)26-46(33)38(50)36(40(2,3)4)45-34(48)27-57-23-22-56-21-20-55-19-18-54-17-16-53-15-14-52-13-12-42-39(51)58-41(5,6)7/h8-11,28,32-33,36,47H,12-27H2,1-7H3,(H,42,51)(H,43,49)(H,45,48). The van der Waals surface area contributed by atoms with Gasteiger partial charge in [-0.25, -0.2) is 9.78 Å². The second kappa shape index (κ2) is 25.8. The Morgan fingerprint density at radius 2 is 1.36 bits per heavy atom. The molecule has 3 unspecified atom stereocenters. The first-order valence-electron chi connectivity index (χ1n) is 20.0. The van der Waals surface area contributed by atoms with Crippen molar-refractivity contribution in [2.24, 2.45) is 5.41 Å². The van der Waals surface area contributed by atoms with Gasteiger partial charge >= 0.3 is 6.09 Å². The summed E-state index contributed by atoms with van der Waals surface area (Å²) in [5.41, 5.74) is 3.48. The van der Waals surface area contributed by atoms with Crippen LogP contribution in [0.1, 0.15) is 59.2 Å². The summed E-state index contributed by atoms with van der Waals surface area (Å²) in [5.74, 6) is -1.30. The van der Waals surface area contributed by atoms with E-state index in [4.69, 9.17) is 33.2 Å². The number of aryl methyl sites for hydroxylation is 1. The largest absolute Gasteiger partial charge is 0.444 e. The molecule has 0 spiro atoms. The molecule has 1 saturated heterocycles. The highest BCUT2D eigenvalue weighted by Crippen LogP contribution is 2.28. The van der Waals surface area contributed by atoms with Crippen LogP contribution in [0.2, 0.25) is 0 Å². The van der Waals surface area contributed by atoms with E-state index in [-0.39, 0.29) is 45.2 Å². The van der Waals surface area contributed by atoms with Crippen LogP contribution in [0, 0.1) is 12.3 Å². The minimum absolute atomic E-state index is 0.0146. The Bertz CT molecular complexity index is 1560. The predicted octanol–water partition coefficient (Wildman–Crippen LogP) is 2.85. The first-order valence-corrected chi connectivity index (χ1v) is 20.9.